The molecule has 1 aliphatic heterocycles. The van der Waals surface area contributed by atoms with E-state index in [1.165, 1.54) is 0 Å². The van der Waals surface area contributed by atoms with Crippen LogP contribution in [0.4, 0.5) is 16.3 Å². The summed E-state index contributed by atoms with van der Waals surface area (Å²) in [6, 6.07) is 12.9. The highest BCUT2D eigenvalue weighted by atomic mass is 16.5. The lowest BCUT2D eigenvalue weighted by Gasteiger charge is -2.26. The van der Waals surface area contributed by atoms with Gasteiger partial charge in [0.1, 0.15) is 11.8 Å². The lowest BCUT2D eigenvalue weighted by Crippen LogP contribution is -2.37. The van der Waals surface area contributed by atoms with Crippen molar-refractivity contribution in [1.82, 2.24) is 15.0 Å². The Kier molecular flexibility index (Phi) is 7.98. The summed E-state index contributed by atoms with van der Waals surface area (Å²) in [5.74, 6) is 1.05. The molecular formula is C27H32N6O3. The van der Waals surface area contributed by atoms with Crippen LogP contribution in [-0.4, -0.2) is 53.9 Å². The number of nitrogens with one attached hydrogen (secondary N) is 2. The Bertz CT molecular complexity index is 1220. The molecule has 3 aromatic rings. The lowest BCUT2D eigenvalue weighted by molar-refractivity contribution is 0.0374. The van der Waals surface area contributed by atoms with E-state index in [2.05, 4.69) is 31.7 Å². The Balaban J connectivity index is 1.33. The summed E-state index contributed by atoms with van der Waals surface area (Å²) in [5, 5.41) is 19.0. The standard InChI is InChI=1S/C27H32N6O3/c1-27(2,3)24-16-25(32-36-24)31-26(34)30-22-8-6-19(7-9-22)21-15-20(17-28)23(29-18-21)5-4-10-33-11-13-35-14-12-33/h6-9,15-16,18H,4-5,10-14H2,1-3H3,(H2,30,31,32,34). The molecule has 1 saturated heterocycles. The fourth-order valence-corrected chi connectivity index (χ4v) is 3.95. The SMILES string of the molecule is CC(C)(C)c1cc(NC(=O)Nc2ccc(-c3cnc(CCCN4CCOCC4)c(C#N)c3)cc2)no1. The van der Waals surface area contributed by atoms with Crippen LogP contribution in [0, 0.1) is 11.3 Å². The van der Waals surface area contributed by atoms with Gasteiger partial charge in [0.15, 0.2) is 5.82 Å². The Morgan fingerprint density at radius 3 is 2.53 bits per heavy atom. The number of amides is 2. The molecule has 4 rings (SSSR count). The molecule has 0 aliphatic carbocycles. The van der Waals surface area contributed by atoms with Gasteiger partial charge in [-0.1, -0.05) is 38.1 Å². The number of carbonyl (C=O) groups is 1. The van der Waals surface area contributed by atoms with Gasteiger partial charge >= 0.3 is 6.03 Å². The van der Waals surface area contributed by atoms with Crippen molar-refractivity contribution in [3.8, 4) is 17.2 Å². The lowest BCUT2D eigenvalue weighted by atomic mass is 9.93. The van der Waals surface area contributed by atoms with Crippen LogP contribution in [0.5, 0.6) is 0 Å². The van der Waals surface area contributed by atoms with Gasteiger partial charge in [-0.15, -0.1) is 0 Å². The number of urea groups is 1. The molecule has 1 aliphatic rings. The summed E-state index contributed by atoms with van der Waals surface area (Å²) in [6.07, 6.45) is 3.52. The smallest absolute Gasteiger partial charge is 0.324 e. The van der Waals surface area contributed by atoms with E-state index in [1.807, 2.05) is 39.0 Å². The van der Waals surface area contributed by atoms with E-state index in [1.54, 1.807) is 24.4 Å². The Morgan fingerprint density at radius 2 is 1.86 bits per heavy atom. The molecule has 188 valence electrons. The first-order valence-corrected chi connectivity index (χ1v) is 12.2. The molecule has 1 fully saturated rings. The first-order valence-electron chi connectivity index (χ1n) is 12.2. The molecule has 36 heavy (non-hydrogen) atoms. The third-order valence-corrected chi connectivity index (χ3v) is 6.05. The number of morpholine rings is 1. The van der Waals surface area contributed by atoms with Crippen LogP contribution >= 0.6 is 0 Å². The van der Waals surface area contributed by atoms with Crippen LogP contribution in [0.1, 0.15) is 44.2 Å². The van der Waals surface area contributed by atoms with Crippen molar-refractivity contribution in [2.45, 2.75) is 39.0 Å². The molecule has 2 amide bonds. The molecule has 1 aromatic carbocycles. The second-order valence-corrected chi connectivity index (χ2v) is 9.87. The number of anilines is 2. The maximum absolute atomic E-state index is 12.3. The monoisotopic (exact) mass is 488 g/mol. The number of hydrogen-bond donors (Lipinski definition) is 2. The van der Waals surface area contributed by atoms with Gasteiger partial charge in [-0.05, 0) is 43.1 Å². The number of carbonyl (C=O) groups excluding carboxylic acids is 1. The molecule has 9 heteroatoms. The molecule has 0 saturated carbocycles. The van der Waals surface area contributed by atoms with Crippen LogP contribution in [-0.2, 0) is 16.6 Å². The topological polar surface area (TPSA) is 116 Å². The van der Waals surface area contributed by atoms with Crippen LogP contribution in [0.2, 0.25) is 0 Å². The summed E-state index contributed by atoms with van der Waals surface area (Å²) in [6.45, 7) is 10.5. The fraction of sp³-hybridized carbons (Fsp3) is 0.407. The van der Waals surface area contributed by atoms with Gasteiger partial charge in [0.25, 0.3) is 0 Å². The van der Waals surface area contributed by atoms with Crippen molar-refractivity contribution in [2.24, 2.45) is 0 Å². The summed E-state index contributed by atoms with van der Waals surface area (Å²) in [4.78, 5) is 19.3. The van der Waals surface area contributed by atoms with E-state index in [0.717, 1.165) is 62.5 Å². The van der Waals surface area contributed by atoms with Crippen molar-refractivity contribution in [2.75, 3.05) is 43.5 Å². The van der Waals surface area contributed by atoms with E-state index < -0.39 is 6.03 Å². The zero-order valence-corrected chi connectivity index (χ0v) is 21.0. The predicted molar refractivity (Wildman–Crippen MR) is 138 cm³/mol. The van der Waals surface area contributed by atoms with Gasteiger partial charge in [0.05, 0.1) is 24.5 Å². The largest absolute Gasteiger partial charge is 0.379 e. The number of benzene rings is 1. The Hall–Kier alpha value is -3.74. The van der Waals surface area contributed by atoms with Crippen molar-refractivity contribution < 1.29 is 14.1 Å². The van der Waals surface area contributed by atoms with Gasteiger partial charge in [-0.3, -0.25) is 15.2 Å². The number of aryl methyl sites for hydroxylation is 1. The number of nitrogens with zero attached hydrogens (tertiary/aromatic N) is 4. The summed E-state index contributed by atoms with van der Waals surface area (Å²) >= 11 is 0. The quantitative estimate of drug-likeness (QED) is 0.490. The summed E-state index contributed by atoms with van der Waals surface area (Å²) in [7, 11) is 0. The van der Waals surface area contributed by atoms with Gasteiger partial charge in [-0.2, -0.15) is 5.26 Å². The molecule has 0 radical (unpaired) electrons. The van der Waals surface area contributed by atoms with Crippen LogP contribution < -0.4 is 10.6 Å². The normalized spacial score (nSPS) is 14.3. The molecule has 9 nitrogen and oxygen atoms in total. The van der Waals surface area contributed by atoms with Crippen LogP contribution in [0.3, 0.4) is 0 Å². The van der Waals surface area contributed by atoms with E-state index in [4.69, 9.17) is 9.26 Å². The van der Waals surface area contributed by atoms with Crippen molar-refractivity contribution in [3.63, 3.8) is 0 Å². The third-order valence-electron chi connectivity index (χ3n) is 6.05. The highest BCUT2D eigenvalue weighted by molar-refractivity contribution is 5.99. The first kappa shape index (κ1) is 25.4. The zero-order chi connectivity index (χ0) is 25.5. The number of ether oxygens (including phenoxy) is 1. The third kappa shape index (κ3) is 6.68. The van der Waals surface area contributed by atoms with Gasteiger partial charge < -0.3 is 14.6 Å². The van der Waals surface area contributed by atoms with Gasteiger partial charge in [0.2, 0.25) is 0 Å². The highest BCUT2D eigenvalue weighted by Crippen LogP contribution is 2.25. The predicted octanol–water partition coefficient (Wildman–Crippen LogP) is 4.81. The number of hydrogen-bond acceptors (Lipinski definition) is 7. The molecular weight excluding hydrogens is 456 g/mol. The highest BCUT2D eigenvalue weighted by Gasteiger charge is 2.20. The number of nitriles is 1. The van der Waals surface area contributed by atoms with Crippen molar-refractivity contribution >= 4 is 17.5 Å². The Morgan fingerprint density at radius 1 is 1.11 bits per heavy atom. The maximum atomic E-state index is 12.3. The minimum atomic E-state index is -0.411. The van der Waals surface area contributed by atoms with E-state index in [0.29, 0.717) is 22.8 Å². The molecule has 2 N–H and O–H groups in total. The molecule has 0 spiro atoms. The Labute approximate surface area is 211 Å². The van der Waals surface area contributed by atoms with Gasteiger partial charge in [-0.25, -0.2) is 4.79 Å². The molecule has 2 aromatic heterocycles. The average molecular weight is 489 g/mol. The number of rotatable bonds is 7. The first-order chi connectivity index (χ1) is 17.3. The maximum Gasteiger partial charge on any atom is 0.324 e. The number of pyridine rings is 1. The summed E-state index contributed by atoms with van der Waals surface area (Å²) in [5.41, 5.74) is 3.63. The average Bonchev–Trinajstić information content (AvgIpc) is 3.34. The zero-order valence-electron chi connectivity index (χ0n) is 21.0. The van der Waals surface area contributed by atoms with E-state index in [-0.39, 0.29) is 5.41 Å². The van der Waals surface area contributed by atoms with E-state index >= 15 is 0 Å². The molecule has 0 unspecified atom stereocenters. The minimum Gasteiger partial charge on any atom is -0.379 e. The van der Waals surface area contributed by atoms with Crippen molar-refractivity contribution in [1.29, 1.82) is 5.26 Å². The summed E-state index contributed by atoms with van der Waals surface area (Å²) < 4.78 is 10.7. The second kappa shape index (κ2) is 11.3. The molecule has 3 heterocycles. The van der Waals surface area contributed by atoms with Gasteiger partial charge in [0, 0.05) is 42.0 Å². The molecule has 0 bridgehead atoms. The van der Waals surface area contributed by atoms with E-state index in [9.17, 15) is 10.1 Å². The molecule has 0 atom stereocenters. The number of aromatic nitrogens is 2. The van der Waals surface area contributed by atoms with Crippen LogP contribution in [0.25, 0.3) is 11.1 Å². The van der Waals surface area contributed by atoms with Crippen molar-refractivity contribution in [3.05, 3.63) is 59.6 Å². The second-order valence-electron chi connectivity index (χ2n) is 9.87. The minimum absolute atomic E-state index is 0.194. The van der Waals surface area contributed by atoms with Crippen LogP contribution in [0.15, 0.2) is 47.1 Å². The fourth-order valence-electron chi connectivity index (χ4n) is 3.95.